The number of nitro benzene ring substituents is 1. The zero-order chi connectivity index (χ0) is 13.3. The Kier molecular flexibility index (Phi) is 3.27. The fourth-order valence-corrected chi connectivity index (χ4v) is 1.64. The number of nitrogens with zero attached hydrogens (tertiary/aromatic N) is 2. The first kappa shape index (κ1) is 12.5. The van der Waals surface area contributed by atoms with Crippen molar-refractivity contribution < 1.29 is 13.7 Å². The lowest BCUT2D eigenvalue weighted by molar-refractivity contribution is -0.387. The van der Waals surface area contributed by atoms with Gasteiger partial charge in [0.15, 0.2) is 11.5 Å². The van der Waals surface area contributed by atoms with Crippen molar-refractivity contribution in [2.45, 2.75) is 26.7 Å². The topological polar surface area (TPSA) is 69.2 Å². The number of benzene rings is 1. The van der Waals surface area contributed by atoms with Crippen molar-refractivity contribution in [3.8, 4) is 0 Å². The number of aryl methyl sites for hydroxylation is 1. The van der Waals surface area contributed by atoms with Crippen LogP contribution in [0.25, 0.3) is 11.1 Å². The Labute approximate surface area is 103 Å². The number of hydrogen-bond donors (Lipinski definition) is 0. The summed E-state index contributed by atoms with van der Waals surface area (Å²) in [4.78, 5) is 14.0. The van der Waals surface area contributed by atoms with Gasteiger partial charge < -0.3 is 4.42 Å². The minimum Gasteiger partial charge on any atom is -0.441 e. The summed E-state index contributed by atoms with van der Waals surface area (Å²) in [7, 11) is 0. The third kappa shape index (κ3) is 2.47. The van der Waals surface area contributed by atoms with Gasteiger partial charge in [-0.2, -0.15) is 4.39 Å². The molecule has 0 amide bonds. The minimum absolute atomic E-state index is 0.247. The molecule has 0 N–H and O–H groups in total. The van der Waals surface area contributed by atoms with Crippen LogP contribution in [0.5, 0.6) is 0 Å². The average Bonchev–Trinajstić information content (AvgIpc) is 2.66. The van der Waals surface area contributed by atoms with Crippen molar-refractivity contribution in [2.24, 2.45) is 5.92 Å². The maximum absolute atomic E-state index is 13.4. The number of aromatic nitrogens is 1. The van der Waals surface area contributed by atoms with Crippen molar-refractivity contribution in [3.05, 3.63) is 34.0 Å². The lowest BCUT2D eigenvalue weighted by Gasteiger charge is -1.99. The van der Waals surface area contributed by atoms with Crippen LogP contribution in [0.2, 0.25) is 0 Å². The van der Waals surface area contributed by atoms with E-state index < -0.39 is 16.4 Å². The number of nitro groups is 1. The van der Waals surface area contributed by atoms with Gasteiger partial charge in [0.05, 0.1) is 4.92 Å². The number of hydrogen-bond acceptors (Lipinski definition) is 4. The quantitative estimate of drug-likeness (QED) is 0.617. The maximum Gasteiger partial charge on any atom is 0.307 e. The van der Waals surface area contributed by atoms with E-state index in [0.717, 1.165) is 18.6 Å². The summed E-state index contributed by atoms with van der Waals surface area (Å²) in [6, 6.07) is 2.12. The van der Waals surface area contributed by atoms with Gasteiger partial charge in [0.1, 0.15) is 5.52 Å². The Hall–Kier alpha value is -1.98. The van der Waals surface area contributed by atoms with E-state index in [1.807, 2.05) is 0 Å². The SMILES string of the molecule is CC(C)CCc1nc2cc([N+](=O)[O-])c(F)cc2o1. The highest BCUT2D eigenvalue weighted by Gasteiger charge is 2.18. The van der Waals surface area contributed by atoms with E-state index >= 15 is 0 Å². The molecule has 5 nitrogen and oxygen atoms in total. The van der Waals surface area contributed by atoms with Crippen molar-refractivity contribution in [3.63, 3.8) is 0 Å². The molecule has 0 aliphatic heterocycles. The molecule has 96 valence electrons. The Morgan fingerprint density at radius 2 is 2.22 bits per heavy atom. The molecule has 0 unspecified atom stereocenters. The minimum atomic E-state index is -0.904. The molecule has 2 rings (SSSR count). The van der Waals surface area contributed by atoms with Crippen molar-refractivity contribution >= 4 is 16.8 Å². The number of oxazole rings is 1. The number of fused-ring (bicyclic) bond motifs is 1. The molecule has 0 saturated carbocycles. The molecule has 18 heavy (non-hydrogen) atoms. The Morgan fingerprint density at radius 3 is 2.83 bits per heavy atom. The van der Waals surface area contributed by atoms with Gasteiger partial charge in [0, 0.05) is 18.6 Å². The summed E-state index contributed by atoms with van der Waals surface area (Å²) >= 11 is 0. The smallest absolute Gasteiger partial charge is 0.307 e. The molecule has 0 aliphatic rings. The number of rotatable bonds is 4. The molecular weight excluding hydrogens is 239 g/mol. The van der Waals surface area contributed by atoms with Gasteiger partial charge in [-0.15, -0.1) is 0 Å². The summed E-state index contributed by atoms with van der Waals surface area (Å²) in [5, 5.41) is 10.6. The highest BCUT2D eigenvalue weighted by molar-refractivity contribution is 5.75. The predicted octanol–water partition coefficient (Wildman–Crippen LogP) is 3.46. The van der Waals surface area contributed by atoms with Crippen LogP contribution in [-0.4, -0.2) is 9.91 Å². The molecule has 0 saturated heterocycles. The van der Waals surface area contributed by atoms with Crippen molar-refractivity contribution in [2.75, 3.05) is 0 Å². The van der Waals surface area contributed by atoms with E-state index in [9.17, 15) is 14.5 Å². The molecule has 0 atom stereocenters. The van der Waals surface area contributed by atoms with Crippen LogP contribution in [0.1, 0.15) is 26.2 Å². The third-order valence-electron chi connectivity index (χ3n) is 2.63. The summed E-state index contributed by atoms with van der Waals surface area (Å²) in [6.07, 6.45) is 1.54. The predicted molar refractivity (Wildman–Crippen MR) is 63.8 cm³/mol. The molecule has 2 aromatic rings. The van der Waals surface area contributed by atoms with Crippen LogP contribution in [0.4, 0.5) is 10.1 Å². The molecule has 0 spiro atoms. The monoisotopic (exact) mass is 252 g/mol. The van der Waals surface area contributed by atoms with Crippen LogP contribution >= 0.6 is 0 Å². The third-order valence-corrected chi connectivity index (χ3v) is 2.63. The van der Waals surface area contributed by atoms with Crippen LogP contribution in [0.3, 0.4) is 0 Å². The van der Waals surface area contributed by atoms with Gasteiger partial charge >= 0.3 is 5.69 Å². The van der Waals surface area contributed by atoms with Gasteiger partial charge in [-0.1, -0.05) is 13.8 Å². The standard InChI is InChI=1S/C12H13FN2O3/c1-7(2)3-4-12-14-9-6-10(15(16)17)8(13)5-11(9)18-12/h5-7H,3-4H2,1-2H3. The van der Waals surface area contributed by atoms with Gasteiger partial charge in [0.2, 0.25) is 5.82 Å². The van der Waals surface area contributed by atoms with Crippen LogP contribution < -0.4 is 0 Å². The van der Waals surface area contributed by atoms with E-state index in [-0.39, 0.29) is 5.58 Å². The van der Waals surface area contributed by atoms with Gasteiger partial charge in [-0.25, -0.2) is 4.98 Å². The zero-order valence-electron chi connectivity index (χ0n) is 10.1. The van der Waals surface area contributed by atoms with Gasteiger partial charge in [-0.3, -0.25) is 10.1 Å². The van der Waals surface area contributed by atoms with Crippen LogP contribution in [-0.2, 0) is 6.42 Å². The molecule has 0 fully saturated rings. The maximum atomic E-state index is 13.4. The first-order chi connectivity index (χ1) is 8.47. The van der Waals surface area contributed by atoms with Crippen molar-refractivity contribution in [1.82, 2.24) is 4.98 Å². The van der Waals surface area contributed by atoms with E-state index in [1.165, 1.54) is 0 Å². The van der Waals surface area contributed by atoms with E-state index in [1.54, 1.807) is 0 Å². The fraction of sp³-hybridized carbons (Fsp3) is 0.417. The molecule has 1 aromatic carbocycles. The molecule has 6 heteroatoms. The highest BCUT2D eigenvalue weighted by atomic mass is 19.1. The molecule has 1 aromatic heterocycles. The van der Waals surface area contributed by atoms with Crippen LogP contribution in [0.15, 0.2) is 16.5 Å². The van der Waals surface area contributed by atoms with Gasteiger partial charge in [-0.05, 0) is 12.3 Å². The normalized spacial score (nSPS) is 11.3. The van der Waals surface area contributed by atoms with Gasteiger partial charge in [0.25, 0.3) is 0 Å². The first-order valence-corrected chi connectivity index (χ1v) is 5.70. The number of halogens is 1. The largest absolute Gasteiger partial charge is 0.441 e. The summed E-state index contributed by atoms with van der Waals surface area (Å²) in [5.74, 6) is 0.0868. The lowest BCUT2D eigenvalue weighted by atomic mass is 10.1. The first-order valence-electron chi connectivity index (χ1n) is 5.70. The average molecular weight is 252 g/mol. The second-order valence-corrected chi connectivity index (χ2v) is 4.57. The zero-order valence-corrected chi connectivity index (χ0v) is 10.1. The van der Waals surface area contributed by atoms with E-state index in [4.69, 9.17) is 4.42 Å². The Balaban J connectivity index is 2.36. The second kappa shape index (κ2) is 4.72. The van der Waals surface area contributed by atoms with Crippen molar-refractivity contribution in [1.29, 1.82) is 0 Å². The van der Waals surface area contributed by atoms with E-state index in [0.29, 0.717) is 23.7 Å². The molecule has 0 aliphatic carbocycles. The Morgan fingerprint density at radius 1 is 1.50 bits per heavy atom. The van der Waals surface area contributed by atoms with Crippen LogP contribution in [0, 0.1) is 21.8 Å². The summed E-state index contributed by atoms with van der Waals surface area (Å²) in [6.45, 7) is 4.15. The lowest BCUT2D eigenvalue weighted by Crippen LogP contribution is -1.92. The summed E-state index contributed by atoms with van der Waals surface area (Å²) in [5.41, 5.74) is -0.00933. The second-order valence-electron chi connectivity index (χ2n) is 4.57. The Bertz CT molecular complexity index is 592. The summed E-state index contributed by atoms with van der Waals surface area (Å²) < 4.78 is 18.7. The van der Waals surface area contributed by atoms with E-state index in [2.05, 4.69) is 18.8 Å². The molecule has 0 radical (unpaired) electrons. The molecular formula is C12H13FN2O3. The molecule has 0 bridgehead atoms. The highest BCUT2D eigenvalue weighted by Crippen LogP contribution is 2.25. The molecule has 1 heterocycles. The fourth-order valence-electron chi connectivity index (χ4n) is 1.64.